The number of rotatable bonds is 2. The summed E-state index contributed by atoms with van der Waals surface area (Å²) in [4.78, 5) is 26.3. The molecular formula is C16H12N3O3S+. The number of hydrogen-bond acceptors (Lipinski definition) is 4. The Morgan fingerprint density at radius 3 is 2.87 bits per heavy atom. The molecule has 7 heteroatoms. The molecule has 3 aromatic rings. The van der Waals surface area contributed by atoms with Crippen molar-refractivity contribution >= 4 is 34.4 Å². The minimum atomic E-state index is -0.415. The number of para-hydroxylation sites is 2. The Morgan fingerprint density at radius 1 is 1.22 bits per heavy atom. The van der Waals surface area contributed by atoms with E-state index in [-0.39, 0.29) is 16.8 Å². The molecule has 1 atom stereocenters. The summed E-state index contributed by atoms with van der Waals surface area (Å²) in [5, 5.41) is 11.6. The zero-order valence-electron chi connectivity index (χ0n) is 11.9. The van der Waals surface area contributed by atoms with E-state index < -0.39 is 4.92 Å². The molecule has 0 spiro atoms. The molecule has 1 aliphatic heterocycles. The van der Waals surface area contributed by atoms with E-state index in [1.807, 2.05) is 30.3 Å². The van der Waals surface area contributed by atoms with E-state index in [0.717, 1.165) is 21.8 Å². The van der Waals surface area contributed by atoms with Gasteiger partial charge in [-0.2, -0.15) is 4.57 Å². The number of nitro groups is 1. The van der Waals surface area contributed by atoms with Crippen LogP contribution in [-0.4, -0.2) is 15.4 Å². The summed E-state index contributed by atoms with van der Waals surface area (Å²) in [6.07, 6.45) is 0.311. The van der Waals surface area contributed by atoms with Crippen LogP contribution in [0.2, 0.25) is 0 Å². The molecule has 0 radical (unpaired) electrons. The first-order valence-electron chi connectivity index (χ1n) is 7.10. The molecule has 0 fully saturated rings. The Bertz CT molecular complexity index is 951. The van der Waals surface area contributed by atoms with Gasteiger partial charge in [0, 0.05) is 12.1 Å². The van der Waals surface area contributed by atoms with Gasteiger partial charge in [-0.3, -0.25) is 10.1 Å². The number of aromatic amines is 1. The third-order valence-electron chi connectivity index (χ3n) is 3.91. The number of nitrogens with one attached hydrogen (secondary N) is 1. The van der Waals surface area contributed by atoms with Crippen molar-refractivity contribution in [1.29, 1.82) is 0 Å². The normalized spacial score (nSPS) is 17.2. The monoisotopic (exact) mass is 326 g/mol. The second-order valence-electron chi connectivity index (χ2n) is 5.34. The molecule has 2 aromatic carbocycles. The molecule has 6 nitrogen and oxygen atoms in total. The van der Waals surface area contributed by atoms with Crippen molar-refractivity contribution in [3.8, 4) is 0 Å². The first kappa shape index (κ1) is 14.0. The van der Waals surface area contributed by atoms with Crippen molar-refractivity contribution in [2.24, 2.45) is 0 Å². The van der Waals surface area contributed by atoms with Crippen LogP contribution in [0.5, 0.6) is 0 Å². The summed E-state index contributed by atoms with van der Waals surface area (Å²) in [6.45, 7) is 0. The minimum absolute atomic E-state index is 0.00675. The molecule has 0 saturated heterocycles. The first-order chi connectivity index (χ1) is 11.1. The van der Waals surface area contributed by atoms with Gasteiger partial charge < -0.3 is 0 Å². The van der Waals surface area contributed by atoms with Gasteiger partial charge in [-0.15, -0.1) is 0 Å². The van der Waals surface area contributed by atoms with E-state index in [4.69, 9.17) is 0 Å². The zero-order chi connectivity index (χ0) is 16.0. The van der Waals surface area contributed by atoms with Crippen molar-refractivity contribution in [3.63, 3.8) is 0 Å². The van der Waals surface area contributed by atoms with Crippen molar-refractivity contribution in [1.82, 2.24) is 4.57 Å². The largest absolute Gasteiger partial charge is 0.324 e. The molecule has 4 rings (SSSR count). The van der Waals surface area contributed by atoms with E-state index in [0.29, 0.717) is 6.42 Å². The van der Waals surface area contributed by atoms with Gasteiger partial charge >= 0.3 is 11.1 Å². The highest BCUT2D eigenvalue weighted by atomic mass is 32.2. The summed E-state index contributed by atoms with van der Waals surface area (Å²) in [5.74, 6) is -0.00675. The molecule has 1 unspecified atom stereocenters. The Morgan fingerprint density at radius 2 is 2.04 bits per heavy atom. The SMILES string of the molecule is O=C1CC(c2cccc([N+](=O)[O-])c2)Sc2[nH+]c3ccccc3n21. The van der Waals surface area contributed by atoms with E-state index in [9.17, 15) is 14.9 Å². The first-order valence-corrected chi connectivity index (χ1v) is 7.98. The smallest absolute Gasteiger partial charge is 0.258 e. The number of non-ortho nitro benzene ring substituents is 1. The summed E-state index contributed by atoms with van der Waals surface area (Å²) in [6, 6.07) is 14.1. The fourth-order valence-electron chi connectivity index (χ4n) is 2.84. The maximum absolute atomic E-state index is 12.6. The van der Waals surface area contributed by atoms with Gasteiger partial charge in [-0.05, 0) is 29.5 Å². The van der Waals surface area contributed by atoms with Gasteiger partial charge in [0.25, 0.3) is 5.69 Å². The molecule has 1 aromatic heterocycles. The Balaban J connectivity index is 1.76. The number of carbonyl (C=O) groups is 1. The summed E-state index contributed by atoms with van der Waals surface area (Å²) in [7, 11) is 0. The molecule has 1 N–H and O–H groups in total. The topological polar surface area (TPSA) is 79.3 Å². The number of H-pyrrole nitrogens is 1. The predicted octanol–water partition coefficient (Wildman–Crippen LogP) is 3.24. The number of fused-ring (bicyclic) bond motifs is 3. The number of thioether (sulfide) groups is 1. The second kappa shape index (κ2) is 5.20. The number of aromatic nitrogens is 2. The van der Waals surface area contributed by atoms with Crippen LogP contribution < -0.4 is 4.98 Å². The number of benzene rings is 2. The van der Waals surface area contributed by atoms with Gasteiger partial charge in [0.05, 0.1) is 16.6 Å². The fourth-order valence-corrected chi connectivity index (χ4v) is 4.09. The van der Waals surface area contributed by atoms with E-state index >= 15 is 0 Å². The summed E-state index contributed by atoms with van der Waals surface area (Å²) >= 11 is 1.52. The predicted molar refractivity (Wildman–Crippen MR) is 85.4 cm³/mol. The molecule has 0 amide bonds. The van der Waals surface area contributed by atoms with Crippen LogP contribution in [0.25, 0.3) is 11.0 Å². The lowest BCUT2D eigenvalue weighted by atomic mass is 10.1. The van der Waals surface area contributed by atoms with E-state index in [1.54, 1.807) is 16.7 Å². The lowest BCUT2D eigenvalue weighted by molar-refractivity contribution is -0.398. The average molecular weight is 326 g/mol. The van der Waals surface area contributed by atoms with Crippen LogP contribution in [0.3, 0.4) is 0 Å². The number of hydrogen-bond donors (Lipinski definition) is 0. The van der Waals surface area contributed by atoms with E-state index in [2.05, 4.69) is 4.98 Å². The highest BCUT2D eigenvalue weighted by Crippen LogP contribution is 2.42. The second-order valence-corrected chi connectivity index (χ2v) is 6.53. The highest BCUT2D eigenvalue weighted by Gasteiger charge is 2.36. The molecule has 23 heavy (non-hydrogen) atoms. The summed E-state index contributed by atoms with van der Waals surface area (Å²) < 4.78 is 1.69. The molecule has 2 heterocycles. The van der Waals surface area contributed by atoms with Gasteiger partial charge in [0.1, 0.15) is 0 Å². The quantitative estimate of drug-likeness (QED) is 0.535. The van der Waals surface area contributed by atoms with Crippen molar-refractivity contribution in [2.45, 2.75) is 16.8 Å². The van der Waals surface area contributed by atoms with Crippen LogP contribution in [0.4, 0.5) is 5.69 Å². The maximum atomic E-state index is 12.6. The van der Waals surface area contributed by atoms with E-state index in [1.165, 1.54) is 17.8 Å². The maximum Gasteiger partial charge on any atom is 0.324 e. The minimum Gasteiger partial charge on any atom is -0.258 e. The van der Waals surface area contributed by atoms with Crippen molar-refractivity contribution in [3.05, 3.63) is 64.2 Å². The molecule has 114 valence electrons. The van der Waals surface area contributed by atoms with Crippen molar-refractivity contribution < 1.29 is 14.7 Å². The lowest BCUT2D eigenvalue weighted by Crippen LogP contribution is -2.22. The number of imidazole rings is 1. The Labute approximate surface area is 135 Å². The summed E-state index contributed by atoms with van der Waals surface area (Å²) in [5.41, 5.74) is 2.61. The standard InChI is InChI=1S/C16H11N3O3S/c20-15-9-14(10-4-3-5-11(8-10)19(21)22)23-16-17-12-6-1-2-7-13(12)18(15)16/h1-8,14H,9H2/p+1. The van der Waals surface area contributed by atoms with Crippen LogP contribution in [-0.2, 0) is 0 Å². The van der Waals surface area contributed by atoms with Gasteiger partial charge in [-0.25, -0.2) is 9.78 Å². The van der Waals surface area contributed by atoms with Crippen LogP contribution in [0.15, 0.2) is 53.7 Å². The van der Waals surface area contributed by atoms with Crippen LogP contribution in [0.1, 0.15) is 22.0 Å². The van der Waals surface area contributed by atoms with Crippen LogP contribution >= 0.6 is 11.8 Å². The third-order valence-corrected chi connectivity index (χ3v) is 5.14. The van der Waals surface area contributed by atoms with Crippen molar-refractivity contribution in [2.75, 3.05) is 0 Å². The molecule has 1 aliphatic rings. The van der Waals surface area contributed by atoms with Gasteiger partial charge in [0.15, 0.2) is 11.0 Å². The number of carbonyl (C=O) groups excluding carboxylic acids is 1. The molecule has 0 aliphatic carbocycles. The fraction of sp³-hybridized carbons (Fsp3) is 0.125. The molecule has 0 bridgehead atoms. The lowest BCUT2D eigenvalue weighted by Gasteiger charge is -2.17. The number of nitro benzene ring substituents is 1. The van der Waals surface area contributed by atoms with Crippen LogP contribution in [0, 0.1) is 10.1 Å². The Kier molecular flexibility index (Phi) is 3.16. The number of nitrogens with zero attached hydrogens (tertiary/aromatic N) is 2. The Hall–Kier alpha value is -2.67. The molecule has 0 saturated carbocycles. The third kappa shape index (κ3) is 2.29. The van der Waals surface area contributed by atoms with Gasteiger partial charge in [-0.1, -0.05) is 24.3 Å². The van der Waals surface area contributed by atoms with Gasteiger partial charge in [0.2, 0.25) is 0 Å². The highest BCUT2D eigenvalue weighted by molar-refractivity contribution is 7.99. The average Bonchev–Trinajstić information content (AvgIpc) is 2.93. The molecular weight excluding hydrogens is 314 g/mol. The zero-order valence-corrected chi connectivity index (χ0v) is 12.7.